The molecule has 0 aliphatic carbocycles. The molecule has 0 saturated carbocycles. The lowest BCUT2D eigenvalue weighted by Gasteiger charge is -2.13. The van der Waals surface area contributed by atoms with Gasteiger partial charge in [-0.15, -0.1) is 13.2 Å². The molecule has 0 fully saturated rings. The van der Waals surface area contributed by atoms with Gasteiger partial charge in [0.15, 0.2) is 0 Å². The van der Waals surface area contributed by atoms with E-state index < -0.39 is 17.9 Å². The first-order chi connectivity index (χ1) is 8.87. The van der Waals surface area contributed by atoms with E-state index in [1.54, 1.807) is 0 Å². The van der Waals surface area contributed by atoms with Gasteiger partial charge in [0.2, 0.25) is 0 Å². The second-order valence-electron chi connectivity index (χ2n) is 3.63. The number of nitrogens with zero attached hydrogens (tertiary/aromatic N) is 1. The van der Waals surface area contributed by atoms with Crippen LogP contribution in [0.4, 0.5) is 23.4 Å². The number of anilines is 1. The molecule has 1 aromatic carbocycles. The van der Waals surface area contributed by atoms with E-state index in [1.807, 2.05) is 0 Å². The lowest BCUT2D eigenvalue weighted by Crippen LogP contribution is -2.17. The summed E-state index contributed by atoms with van der Waals surface area (Å²) < 4.78 is 54.3. The van der Waals surface area contributed by atoms with Crippen LogP contribution in [0.1, 0.15) is 0 Å². The molecule has 2 aromatic rings. The van der Waals surface area contributed by atoms with Crippen molar-refractivity contribution in [3.05, 3.63) is 42.3 Å². The molecule has 0 spiro atoms. The lowest BCUT2D eigenvalue weighted by molar-refractivity contribution is -0.274. The Morgan fingerprint density at radius 3 is 2.42 bits per heavy atom. The number of para-hydroxylation sites is 1. The van der Waals surface area contributed by atoms with Crippen molar-refractivity contribution in [3.8, 4) is 16.9 Å². The number of nitrogen functional groups attached to an aromatic ring is 1. The van der Waals surface area contributed by atoms with Crippen molar-refractivity contribution in [1.29, 1.82) is 0 Å². The summed E-state index contributed by atoms with van der Waals surface area (Å²) in [6, 6.07) is 6.15. The van der Waals surface area contributed by atoms with Gasteiger partial charge in [-0.05, 0) is 6.07 Å². The van der Waals surface area contributed by atoms with Crippen molar-refractivity contribution in [3.63, 3.8) is 0 Å². The molecule has 0 radical (unpaired) electrons. The van der Waals surface area contributed by atoms with Crippen LogP contribution in [0.3, 0.4) is 0 Å². The standard InChI is InChI=1S/C12H8F4N2O/c13-9-5-11(17)18-6-8(9)7-3-1-2-4-10(7)19-12(14,15)16/h1-6H,(H2,17,18). The van der Waals surface area contributed by atoms with Crippen LogP contribution in [0, 0.1) is 5.82 Å². The molecule has 0 unspecified atom stereocenters. The van der Waals surface area contributed by atoms with E-state index in [2.05, 4.69) is 9.72 Å². The Kier molecular flexibility index (Phi) is 3.28. The molecule has 0 aliphatic heterocycles. The largest absolute Gasteiger partial charge is 0.573 e. The van der Waals surface area contributed by atoms with Crippen molar-refractivity contribution in [2.24, 2.45) is 0 Å². The first-order valence-corrected chi connectivity index (χ1v) is 5.13. The number of rotatable bonds is 2. The summed E-state index contributed by atoms with van der Waals surface area (Å²) in [5, 5.41) is 0. The molecular weight excluding hydrogens is 264 g/mol. The predicted octanol–water partition coefficient (Wildman–Crippen LogP) is 3.37. The molecule has 0 aliphatic rings. The summed E-state index contributed by atoms with van der Waals surface area (Å²) in [7, 11) is 0. The van der Waals surface area contributed by atoms with Crippen LogP contribution in [0.15, 0.2) is 36.5 Å². The maximum Gasteiger partial charge on any atom is 0.573 e. The van der Waals surface area contributed by atoms with Crippen LogP contribution < -0.4 is 10.5 Å². The summed E-state index contributed by atoms with van der Waals surface area (Å²) in [6.07, 6.45) is -3.79. The fourth-order valence-electron chi connectivity index (χ4n) is 1.55. The quantitative estimate of drug-likeness (QED) is 0.853. The van der Waals surface area contributed by atoms with E-state index in [4.69, 9.17) is 5.73 Å². The maximum absolute atomic E-state index is 13.7. The smallest absolute Gasteiger partial charge is 0.405 e. The van der Waals surface area contributed by atoms with Gasteiger partial charge < -0.3 is 10.5 Å². The van der Waals surface area contributed by atoms with E-state index >= 15 is 0 Å². The van der Waals surface area contributed by atoms with Crippen molar-refractivity contribution in [2.45, 2.75) is 6.36 Å². The molecule has 0 amide bonds. The number of pyridine rings is 1. The minimum absolute atomic E-state index is 0.0511. The number of nitrogens with two attached hydrogens (primary N) is 1. The SMILES string of the molecule is Nc1cc(F)c(-c2ccccc2OC(F)(F)F)cn1. The van der Waals surface area contributed by atoms with Gasteiger partial charge in [0, 0.05) is 23.4 Å². The highest BCUT2D eigenvalue weighted by molar-refractivity contribution is 5.70. The normalized spacial score (nSPS) is 11.4. The Morgan fingerprint density at radius 1 is 1.11 bits per heavy atom. The highest BCUT2D eigenvalue weighted by Gasteiger charge is 2.32. The third-order valence-corrected chi connectivity index (χ3v) is 2.28. The van der Waals surface area contributed by atoms with Crippen LogP contribution in [0.5, 0.6) is 5.75 Å². The molecular formula is C12H8F4N2O. The van der Waals surface area contributed by atoms with Crippen molar-refractivity contribution in [2.75, 3.05) is 5.73 Å². The first-order valence-electron chi connectivity index (χ1n) is 5.13. The topological polar surface area (TPSA) is 48.1 Å². The molecule has 1 heterocycles. The Bertz CT molecular complexity index is 599. The number of halogens is 4. The number of alkyl halides is 3. The number of ether oxygens (including phenoxy) is 1. The number of benzene rings is 1. The molecule has 0 saturated heterocycles. The minimum atomic E-state index is -4.85. The Balaban J connectivity index is 2.50. The van der Waals surface area contributed by atoms with Crippen LogP contribution in [-0.2, 0) is 0 Å². The van der Waals surface area contributed by atoms with Gasteiger partial charge in [0.05, 0.1) is 0 Å². The van der Waals surface area contributed by atoms with Crippen molar-refractivity contribution >= 4 is 5.82 Å². The summed E-state index contributed by atoms with van der Waals surface area (Å²) in [4.78, 5) is 3.65. The van der Waals surface area contributed by atoms with Crippen LogP contribution >= 0.6 is 0 Å². The maximum atomic E-state index is 13.7. The Labute approximate surface area is 105 Å². The van der Waals surface area contributed by atoms with Gasteiger partial charge in [0.25, 0.3) is 0 Å². The van der Waals surface area contributed by atoms with E-state index in [-0.39, 0.29) is 16.9 Å². The predicted molar refractivity (Wildman–Crippen MR) is 60.7 cm³/mol. The minimum Gasteiger partial charge on any atom is -0.405 e. The summed E-state index contributed by atoms with van der Waals surface area (Å²) >= 11 is 0. The van der Waals surface area contributed by atoms with Gasteiger partial charge >= 0.3 is 6.36 Å². The third kappa shape index (κ3) is 3.12. The van der Waals surface area contributed by atoms with Crippen LogP contribution in [0.25, 0.3) is 11.1 Å². The Morgan fingerprint density at radius 2 is 1.79 bits per heavy atom. The second-order valence-corrected chi connectivity index (χ2v) is 3.63. The summed E-state index contributed by atoms with van der Waals surface area (Å²) in [5.74, 6) is -1.33. The number of aromatic nitrogens is 1. The molecule has 1 aromatic heterocycles. The lowest BCUT2D eigenvalue weighted by atomic mass is 10.1. The highest BCUT2D eigenvalue weighted by atomic mass is 19.4. The van der Waals surface area contributed by atoms with Crippen molar-refractivity contribution in [1.82, 2.24) is 4.98 Å². The molecule has 0 bridgehead atoms. The summed E-state index contributed by atoms with van der Waals surface area (Å²) in [5.41, 5.74) is 5.12. The van der Waals surface area contributed by atoms with E-state index in [9.17, 15) is 17.6 Å². The fourth-order valence-corrected chi connectivity index (χ4v) is 1.55. The average Bonchev–Trinajstić information content (AvgIpc) is 2.28. The zero-order valence-electron chi connectivity index (χ0n) is 9.41. The zero-order valence-corrected chi connectivity index (χ0v) is 9.41. The summed E-state index contributed by atoms with van der Waals surface area (Å²) in [6.45, 7) is 0. The number of hydrogen-bond donors (Lipinski definition) is 1. The van der Waals surface area contributed by atoms with Crippen molar-refractivity contribution < 1.29 is 22.3 Å². The molecule has 7 heteroatoms. The molecule has 2 rings (SSSR count). The van der Waals surface area contributed by atoms with Gasteiger partial charge in [-0.2, -0.15) is 0 Å². The molecule has 100 valence electrons. The van der Waals surface area contributed by atoms with Crippen LogP contribution in [-0.4, -0.2) is 11.3 Å². The molecule has 3 nitrogen and oxygen atoms in total. The molecule has 2 N–H and O–H groups in total. The average molecular weight is 272 g/mol. The van der Waals surface area contributed by atoms with Crippen LogP contribution in [0.2, 0.25) is 0 Å². The van der Waals surface area contributed by atoms with E-state index in [0.717, 1.165) is 18.3 Å². The van der Waals surface area contributed by atoms with E-state index in [1.165, 1.54) is 18.2 Å². The molecule has 19 heavy (non-hydrogen) atoms. The Hall–Kier alpha value is -2.31. The fraction of sp³-hybridized carbons (Fsp3) is 0.0833. The first kappa shape index (κ1) is 13.1. The number of hydrogen-bond acceptors (Lipinski definition) is 3. The van der Waals surface area contributed by atoms with Gasteiger partial charge in [0.1, 0.15) is 17.4 Å². The van der Waals surface area contributed by atoms with Gasteiger partial charge in [-0.3, -0.25) is 0 Å². The monoisotopic (exact) mass is 272 g/mol. The molecule has 0 atom stereocenters. The second kappa shape index (κ2) is 4.75. The van der Waals surface area contributed by atoms with E-state index in [0.29, 0.717) is 0 Å². The third-order valence-electron chi connectivity index (χ3n) is 2.28. The zero-order chi connectivity index (χ0) is 14.0. The van der Waals surface area contributed by atoms with Gasteiger partial charge in [-0.25, -0.2) is 9.37 Å². The van der Waals surface area contributed by atoms with Gasteiger partial charge in [-0.1, -0.05) is 18.2 Å². The highest BCUT2D eigenvalue weighted by Crippen LogP contribution is 2.34.